The molecule has 0 aromatic carbocycles. The molecule has 0 amide bonds. The molecule has 0 bridgehead atoms. The number of rotatable bonds is 3. The van der Waals surface area contributed by atoms with Crippen LogP contribution in [0, 0.1) is 10.8 Å². The zero-order valence-corrected chi connectivity index (χ0v) is 11.7. The predicted molar refractivity (Wildman–Crippen MR) is 69.4 cm³/mol. The van der Waals surface area contributed by atoms with Gasteiger partial charge in [0.2, 0.25) is 0 Å². The molecule has 0 aromatic rings. The molecule has 2 nitrogen and oxygen atoms in total. The molecule has 1 rings (SSSR count). The average molecular weight is 227 g/mol. The van der Waals surface area contributed by atoms with E-state index in [-0.39, 0.29) is 11.5 Å². The van der Waals surface area contributed by atoms with Crippen molar-refractivity contribution >= 4 is 0 Å². The van der Waals surface area contributed by atoms with Gasteiger partial charge in [-0.3, -0.25) is 0 Å². The molecule has 0 spiro atoms. The zero-order chi connectivity index (χ0) is 12.4. The summed E-state index contributed by atoms with van der Waals surface area (Å²) >= 11 is 0. The van der Waals surface area contributed by atoms with E-state index in [1.165, 1.54) is 25.7 Å². The molecule has 1 aliphatic rings. The maximum Gasteiger partial charge on any atom is 0.0626 e. The van der Waals surface area contributed by atoms with Crippen LogP contribution in [0.15, 0.2) is 0 Å². The van der Waals surface area contributed by atoms with Crippen LogP contribution < -0.4 is 5.73 Å². The summed E-state index contributed by atoms with van der Waals surface area (Å²) < 4.78 is 5.94. The van der Waals surface area contributed by atoms with Crippen LogP contribution in [-0.2, 0) is 4.74 Å². The van der Waals surface area contributed by atoms with Crippen LogP contribution in [0.2, 0.25) is 0 Å². The highest BCUT2D eigenvalue weighted by Crippen LogP contribution is 2.36. The topological polar surface area (TPSA) is 35.2 Å². The molecule has 1 aliphatic carbocycles. The molecular formula is C14H29NO. The molecule has 2 N–H and O–H groups in total. The largest absolute Gasteiger partial charge is 0.377 e. The van der Waals surface area contributed by atoms with E-state index in [9.17, 15) is 0 Å². The van der Waals surface area contributed by atoms with Gasteiger partial charge in [-0.2, -0.15) is 0 Å². The van der Waals surface area contributed by atoms with Gasteiger partial charge in [-0.25, -0.2) is 0 Å². The van der Waals surface area contributed by atoms with Gasteiger partial charge >= 0.3 is 0 Å². The van der Waals surface area contributed by atoms with Crippen molar-refractivity contribution in [1.29, 1.82) is 0 Å². The Morgan fingerprint density at radius 3 is 2.19 bits per heavy atom. The Kier molecular flexibility index (Phi) is 4.42. The van der Waals surface area contributed by atoms with E-state index in [4.69, 9.17) is 10.5 Å². The van der Waals surface area contributed by atoms with Crippen LogP contribution in [0.4, 0.5) is 0 Å². The van der Waals surface area contributed by atoms with Crippen LogP contribution >= 0.6 is 0 Å². The second-order valence-electron chi connectivity index (χ2n) is 7.17. The molecule has 0 aromatic heterocycles. The molecule has 0 heterocycles. The summed E-state index contributed by atoms with van der Waals surface area (Å²) in [4.78, 5) is 0. The lowest BCUT2D eigenvalue weighted by atomic mass is 9.76. The molecule has 1 unspecified atom stereocenters. The summed E-state index contributed by atoms with van der Waals surface area (Å²) in [6.07, 6.45) is 5.40. The number of nitrogens with two attached hydrogens (primary N) is 1. The second-order valence-corrected chi connectivity index (χ2v) is 7.17. The Bertz CT molecular complexity index is 207. The highest BCUT2D eigenvalue weighted by Gasteiger charge is 2.28. The van der Waals surface area contributed by atoms with Crippen LogP contribution in [0.5, 0.6) is 0 Å². The molecule has 1 fully saturated rings. The van der Waals surface area contributed by atoms with Gasteiger partial charge in [0.05, 0.1) is 12.7 Å². The Morgan fingerprint density at radius 1 is 1.25 bits per heavy atom. The van der Waals surface area contributed by atoms with Gasteiger partial charge in [0.15, 0.2) is 0 Å². The third kappa shape index (κ3) is 4.42. The van der Waals surface area contributed by atoms with E-state index in [1.54, 1.807) is 0 Å². The fraction of sp³-hybridized carbons (Fsp3) is 1.00. The minimum Gasteiger partial charge on any atom is -0.377 e. The Balaban J connectivity index is 2.25. The van der Waals surface area contributed by atoms with Gasteiger partial charge in [-0.05, 0) is 36.5 Å². The van der Waals surface area contributed by atoms with Crippen molar-refractivity contribution in [3.05, 3.63) is 0 Å². The SMILES string of the molecule is CC1(C)CCC(OCC(N)C(C)(C)C)CC1. The number of hydrogen-bond acceptors (Lipinski definition) is 2. The van der Waals surface area contributed by atoms with E-state index in [1.807, 2.05) is 0 Å². The van der Waals surface area contributed by atoms with E-state index >= 15 is 0 Å². The van der Waals surface area contributed by atoms with Crippen LogP contribution in [-0.4, -0.2) is 18.8 Å². The van der Waals surface area contributed by atoms with Gasteiger partial charge in [0.1, 0.15) is 0 Å². The maximum absolute atomic E-state index is 6.10. The minimum atomic E-state index is 0.141. The molecule has 1 atom stereocenters. The van der Waals surface area contributed by atoms with Crippen molar-refractivity contribution in [3.8, 4) is 0 Å². The highest BCUT2D eigenvalue weighted by molar-refractivity contribution is 4.81. The third-order valence-electron chi connectivity index (χ3n) is 3.91. The average Bonchev–Trinajstić information content (AvgIpc) is 2.14. The predicted octanol–water partition coefficient (Wildman–Crippen LogP) is 3.35. The minimum absolute atomic E-state index is 0.141. The van der Waals surface area contributed by atoms with Crippen molar-refractivity contribution in [2.24, 2.45) is 16.6 Å². The van der Waals surface area contributed by atoms with E-state index in [0.29, 0.717) is 18.1 Å². The van der Waals surface area contributed by atoms with Crippen molar-refractivity contribution in [2.75, 3.05) is 6.61 Å². The van der Waals surface area contributed by atoms with Crippen LogP contribution in [0.3, 0.4) is 0 Å². The molecule has 2 heteroatoms. The van der Waals surface area contributed by atoms with Crippen LogP contribution in [0.25, 0.3) is 0 Å². The van der Waals surface area contributed by atoms with Crippen LogP contribution in [0.1, 0.15) is 60.3 Å². The van der Waals surface area contributed by atoms with Crippen molar-refractivity contribution < 1.29 is 4.74 Å². The van der Waals surface area contributed by atoms with Gasteiger partial charge in [-0.15, -0.1) is 0 Å². The fourth-order valence-electron chi connectivity index (χ4n) is 2.03. The van der Waals surface area contributed by atoms with E-state index in [0.717, 1.165) is 0 Å². The summed E-state index contributed by atoms with van der Waals surface area (Å²) in [7, 11) is 0. The van der Waals surface area contributed by atoms with Crippen molar-refractivity contribution in [2.45, 2.75) is 72.4 Å². The third-order valence-corrected chi connectivity index (χ3v) is 3.91. The number of ether oxygens (including phenoxy) is 1. The van der Waals surface area contributed by atoms with Crippen molar-refractivity contribution in [3.63, 3.8) is 0 Å². The first-order chi connectivity index (χ1) is 7.21. The lowest BCUT2D eigenvalue weighted by molar-refractivity contribution is -0.0129. The van der Waals surface area contributed by atoms with Gasteiger partial charge in [0.25, 0.3) is 0 Å². The monoisotopic (exact) mass is 227 g/mol. The smallest absolute Gasteiger partial charge is 0.0626 e. The first-order valence-electron chi connectivity index (χ1n) is 6.58. The van der Waals surface area contributed by atoms with Gasteiger partial charge in [0, 0.05) is 6.04 Å². The summed E-state index contributed by atoms with van der Waals surface area (Å²) in [5, 5.41) is 0. The second kappa shape index (κ2) is 5.05. The Labute approximate surface area is 101 Å². The molecule has 16 heavy (non-hydrogen) atoms. The fourth-order valence-corrected chi connectivity index (χ4v) is 2.03. The Hall–Kier alpha value is -0.0800. The number of hydrogen-bond donors (Lipinski definition) is 1. The summed E-state index contributed by atoms with van der Waals surface area (Å²) in [6.45, 7) is 11.9. The lowest BCUT2D eigenvalue weighted by Gasteiger charge is -2.35. The normalized spacial score (nSPS) is 24.4. The van der Waals surface area contributed by atoms with Gasteiger partial charge in [-0.1, -0.05) is 34.6 Å². The first-order valence-corrected chi connectivity index (χ1v) is 6.58. The summed E-state index contributed by atoms with van der Waals surface area (Å²) in [6, 6.07) is 0.141. The highest BCUT2D eigenvalue weighted by atomic mass is 16.5. The molecular weight excluding hydrogens is 198 g/mol. The van der Waals surface area contributed by atoms with Crippen molar-refractivity contribution in [1.82, 2.24) is 0 Å². The van der Waals surface area contributed by atoms with Gasteiger partial charge < -0.3 is 10.5 Å². The summed E-state index contributed by atoms with van der Waals surface area (Å²) in [5.41, 5.74) is 6.76. The van der Waals surface area contributed by atoms with E-state index < -0.39 is 0 Å². The zero-order valence-electron chi connectivity index (χ0n) is 11.7. The maximum atomic E-state index is 6.10. The first kappa shape index (κ1) is 14.0. The molecule has 96 valence electrons. The Morgan fingerprint density at radius 2 is 1.75 bits per heavy atom. The quantitative estimate of drug-likeness (QED) is 0.802. The lowest BCUT2D eigenvalue weighted by Crippen LogP contribution is -2.41. The molecule has 0 aliphatic heterocycles. The molecule has 0 radical (unpaired) electrons. The summed E-state index contributed by atoms with van der Waals surface area (Å²) in [5.74, 6) is 0. The molecule has 0 saturated heterocycles. The van der Waals surface area contributed by atoms with E-state index in [2.05, 4.69) is 34.6 Å². The molecule has 1 saturated carbocycles. The standard InChI is InChI=1S/C14H29NO/c1-13(2,3)12(15)10-16-11-6-8-14(4,5)9-7-11/h11-12H,6-10,15H2,1-5H3.